The number of carbonyl (C=O) groups is 1. The molecule has 1 N–H and O–H groups in total. The molecule has 1 amide bonds. The Balaban J connectivity index is 1.40. The van der Waals surface area contributed by atoms with Crippen LogP contribution in [-0.4, -0.2) is 52.1 Å². The third-order valence-corrected chi connectivity index (χ3v) is 6.87. The van der Waals surface area contributed by atoms with Crippen molar-refractivity contribution in [1.29, 1.82) is 0 Å². The average molecular weight is 357 g/mol. The minimum absolute atomic E-state index is 0.156. The van der Waals surface area contributed by atoms with Crippen molar-refractivity contribution in [3.8, 4) is 0 Å². The van der Waals surface area contributed by atoms with Crippen LogP contribution in [-0.2, 0) is 13.0 Å². The number of benzene rings is 1. The predicted molar refractivity (Wildman–Crippen MR) is 103 cm³/mol. The van der Waals surface area contributed by atoms with Crippen LogP contribution in [0.3, 0.4) is 0 Å². The number of hydrogen-bond acceptors (Lipinski definition) is 3. The molecule has 4 heteroatoms. The highest BCUT2D eigenvalue weighted by molar-refractivity contribution is 5.94. The molecule has 0 radical (unpaired) electrons. The molecule has 0 spiro atoms. The van der Waals surface area contributed by atoms with Gasteiger partial charge in [-0.2, -0.15) is 0 Å². The summed E-state index contributed by atoms with van der Waals surface area (Å²) >= 11 is 0. The number of hydrogen-bond donors (Lipinski definition) is 1. The van der Waals surface area contributed by atoms with Gasteiger partial charge in [0.15, 0.2) is 0 Å². The summed E-state index contributed by atoms with van der Waals surface area (Å²) in [5.41, 5.74) is 2.95. The number of nitrogens with zero attached hydrogens (tertiary/aromatic N) is 2. The van der Waals surface area contributed by atoms with Crippen LogP contribution in [0.25, 0.3) is 0 Å². The van der Waals surface area contributed by atoms with E-state index in [4.69, 9.17) is 0 Å². The van der Waals surface area contributed by atoms with Gasteiger partial charge in [-0.15, -0.1) is 0 Å². The number of fused-ring (bicyclic) bond motifs is 1. The van der Waals surface area contributed by atoms with Gasteiger partial charge in [-0.1, -0.05) is 12.5 Å². The number of aliphatic hydroxyl groups is 1. The Kier molecular flexibility index (Phi) is 4.83. The molecular weight excluding hydrogens is 324 g/mol. The Morgan fingerprint density at radius 2 is 1.81 bits per heavy atom. The van der Waals surface area contributed by atoms with E-state index in [-0.39, 0.29) is 11.8 Å². The molecule has 1 saturated heterocycles. The highest BCUT2D eigenvalue weighted by Crippen LogP contribution is 2.31. The SMILES string of the molecule is CC(C)(O)C1CCN(C(=O)c2ccc3c(c2)CCN(C2CCC2)C3)CC1. The van der Waals surface area contributed by atoms with E-state index in [1.54, 1.807) is 0 Å². The molecule has 2 heterocycles. The van der Waals surface area contributed by atoms with Gasteiger partial charge in [0.1, 0.15) is 0 Å². The highest BCUT2D eigenvalue weighted by Gasteiger charge is 2.33. The molecule has 1 aromatic rings. The molecule has 1 saturated carbocycles. The standard InChI is InChI=1S/C22H32N2O2/c1-22(2,26)19-9-12-23(13-10-19)21(25)17-6-7-18-15-24(20-4-3-5-20)11-8-16(18)14-17/h6-7,14,19-20,26H,3-5,8-13,15H2,1-2H3. The first-order valence-electron chi connectivity index (χ1n) is 10.3. The summed E-state index contributed by atoms with van der Waals surface area (Å²) < 4.78 is 0. The third-order valence-electron chi connectivity index (χ3n) is 6.87. The van der Waals surface area contributed by atoms with Gasteiger partial charge in [0, 0.05) is 37.8 Å². The molecule has 142 valence electrons. The van der Waals surface area contributed by atoms with E-state index < -0.39 is 5.60 Å². The predicted octanol–water partition coefficient (Wildman–Crippen LogP) is 3.22. The van der Waals surface area contributed by atoms with Crippen LogP contribution in [0.4, 0.5) is 0 Å². The second kappa shape index (κ2) is 6.97. The molecule has 4 nitrogen and oxygen atoms in total. The number of likely N-dealkylation sites (tertiary alicyclic amines) is 1. The smallest absolute Gasteiger partial charge is 0.253 e. The lowest BCUT2D eigenvalue weighted by molar-refractivity contribution is -0.0108. The topological polar surface area (TPSA) is 43.8 Å². The van der Waals surface area contributed by atoms with Crippen molar-refractivity contribution in [3.05, 3.63) is 34.9 Å². The van der Waals surface area contributed by atoms with Gasteiger partial charge >= 0.3 is 0 Å². The molecule has 0 bridgehead atoms. The maximum absolute atomic E-state index is 12.9. The number of piperidine rings is 1. The van der Waals surface area contributed by atoms with Gasteiger partial charge in [0.25, 0.3) is 5.91 Å². The first-order valence-corrected chi connectivity index (χ1v) is 10.3. The fourth-order valence-electron chi connectivity index (χ4n) is 4.74. The molecule has 0 unspecified atom stereocenters. The van der Waals surface area contributed by atoms with Crippen LogP contribution in [0.1, 0.15) is 67.4 Å². The second-order valence-corrected chi connectivity index (χ2v) is 9.01. The van der Waals surface area contributed by atoms with Crippen LogP contribution >= 0.6 is 0 Å². The lowest BCUT2D eigenvalue weighted by atomic mass is 9.83. The Bertz CT molecular complexity index is 667. The first kappa shape index (κ1) is 18.0. The summed E-state index contributed by atoms with van der Waals surface area (Å²) in [6, 6.07) is 7.13. The largest absolute Gasteiger partial charge is 0.390 e. The molecule has 26 heavy (non-hydrogen) atoms. The zero-order chi connectivity index (χ0) is 18.3. The zero-order valence-corrected chi connectivity index (χ0v) is 16.2. The van der Waals surface area contributed by atoms with Crippen LogP contribution in [0.5, 0.6) is 0 Å². The van der Waals surface area contributed by atoms with E-state index in [2.05, 4.69) is 17.0 Å². The summed E-state index contributed by atoms with van der Waals surface area (Å²) in [4.78, 5) is 17.5. The molecule has 1 aliphatic carbocycles. The molecule has 3 aliphatic rings. The molecule has 2 aliphatic heterocycles. The van der Waals surface area contributed by atoms with Crippen molar-refractivity contribution >= 4 is 5.91 Å². The molecule has 0 atom stereocenters. The second-order valence-electron chi connectivity index (χ2n) is 9.01. The van der Waals surface area contributed by atoms with Crippen molar-refractivity contribution < 1.29 is 9.90 Å². The Labute approximate surface area is 157 Å². The van der Waals surface area contributed by atoms with Crippen LogP contribution in [0, 0.1) is 5.92 Å². The van der Waals surface area contributed by atoms with Crippen molar-refractivity contribution in [1.82, 2.24) is 9.80 Å². The van der Waals surface area contributed by atoms with Crippen molar-refractivity contribution in [2.24, 2.45) is 5.92 Å². The lowest BCUT2D eigenvalue weighted by Gasteiger charge is -2.40. The van der Waals surface area contributed by atoms with Gasteiger partial charge in [-0.25, -0.2) is 0 Å². The Morgan fingerprint density at radius 3 is 2.42 bits per heavy atom. The number of carbonyl (C=O) groups excluding carboxylic acids is 1. The summed E-state index contributed by atoms with van der Waals surface area (Å²) in [7, 11) is 0. The van der Waals surface area contributed by atoms with Crippen molar-refractivity contribution in [3.63, 3.8) is 0 Å². The lowest BCUT2D eigenvalue weighted by Crippen LogP contribution is -2.44. The zero-order valence-electron chi connectivity index (χ0n) is 16.2. The summed E-state index contributed by atoms with van der Waals surface area (Å²) in [5, 5.41) is 10.2. The van der Waals surface area contributed by atoms with E-state index in [0.29, 0.717) is 0 Å². The minimum atomic E-state index is -0.646. The van der Waals surface area contributed by atoms with Gasteiger partial charge in [0.2, 0.25) is 0 Å². The van der Waals surface area contributed by atoms with Gasteiger partial charge < -0.3 is 10.0 Å². The quantitative estimate of drug-likeness (QED) is 0.904. The van der Waals surface area contributed by atoms with Gasteiger partial charge in [0.05, 0.1) is 5.60 Å². The van der Waals surface area contributed by atoms with Gasteiger partial charge in [-0.3, -0.25) is 9.69 Å². The highest BCUT2D eigenvalue weighted by atomic mass is 16.3. The third kappa shape index (κ3) is 3.54. The normalized spacial score (nSPS) is 22.8. The maximum atomic E-state index is 12.9. The van der Waals surface area contributed by atoms with E-state index in [9.17, 15) is 9.90 Å². The minimum Gasteiger partial charge on any atom is -0.390 e. The molecule has 1 aromatic carbocycles. The molecule has 0 aromatic heterocycles. The van der Waals surface area contributed by atoms with Crippen LogP contribution < -0.4 is 0 Å². The van der Waals surface area contributed by atoms with E-state index in [1.165, 1.54) is 30.4 Å². The van der Waals surface area contributed by atoms with Crippen LogP contribution in [0.2, 0.25) is 0 Å². The monoisotopic (exact) mass is 356 g/mol. The van der Waals surface area contributed by atoms with Crippen molar-refractivity contribution in [2.45, 2.75) is 70.6 Å². The van der Waals surface area contributed by atoms with E-state index >= 15 is 0 Å². The molecule has 4 rings (SSSR count). The Hall–Kier alpha value is -1.39. The number of rotatable bonds is 3. The fraction of sp³-hybridized carbons (Fsp3) is 0.682. The van der Waals surface area contributed by atoms with E-state index in [0.717, 1.165) is 57.0 Å². The maximum Gasteiger partial charge on any atom is 0.253 e. The van der Waals surface area contributed by atoms with E-state index in [1.807, 2.05) is 24.8 Å². The van der Waals surface area contributed by atoms with Crippen molar-refractivity contribution in [2.75, 3.05) is 19.6 Å². The summed E-state index contributed by atoms with van der Waals surface area (Å²) in [5.74, 6) is 0.441. The fourth-order valence-corrected chi connectivity index (χ4v) is 4.74. The first-order chi connectivity index (χ1) is 12.4. The summed E-state index contributed by atoms with van der Waals surface area (Å²) in [6.45, 7) is 7.44. The average Bonchev–Trinajstić information content (AvgIpc) is 2.58. The molecular formula is C22H32N2O2. The molecule has 2 fully saturated rings. The Morgan fingerprint density at radius 1 is 1.08 bits per heavy atom. The summed E-state index contributed by atoms with van der Waals surface area (Å²) in [6.07, 6.45) is 6.92. The van der Waals surface area contributed by atoms with Crippen LogP contribution in [0.15, 0.2) is 18.2 Å². The van der Waals surface area contributed by atoms with Gasteiger partial charge in [-0.05, 0) is 75.1 Å². The number of amides is 1.